The summed E-state index contributed by atoms with van der Waals surface area (Å²) in [5.41, 5.74) is 19.0. The Bertz CT molecular complexity index is 3600. The van der Waals surface area contributed by atoms with Crippen LogP contribution >= 0.6 is 0 Å². The molecule has 5 aromatic heterocycles. The second-order valence-corrected chi connectivity index (χ2v) is 16.8. The smallest absolute Gasteiger partial charge is 0.0620 e. The lowest BCUT2D eigenvalue weighted by atomic mass is 9.86. The van der Waals surface area contributed by atoms with E-state index in [2.05, 4.69) is 171 Å². The van der Waals surface area contributed by atoms with E-state index in [0.29, 0.717) is 11.8 Å². The number of aromatic nitrogens is 3. The number of fused-ring (bicyclic) bond motifs is 16. The molecule has 0 saturated heterocycles. The van der Waals surface area contributed by atoms with E-state index in [-0.39, 0.29) is 0 Å². The first-order valence-corrected chi connectivity index (χ1v) is 20.1. The van der Waals surface area contributed by atoms with Crippen molar-refractivity contribution in [2.75, 3.05) is 0 Å². The van der Waals surface area contributed by atoms with Crippen LogP contribution in [0.5, 0.6) is 0 Å². The number of hydrogen-bond acceptors (Lipinski definition) is 0. The van der Waals surface area contributed by atoms with Gasteiger partial charge in [-0.05, 0) is 82.8 Å². The Hall–Kier alpha value is -6.06. The second kappa shape index (κ2) is 10.6. The highest BCUT2D eigenvalue weighted by Crippen LogP contribution is 2.53. The SMILES string of the molecule is CCc1ccccc1-c1c(C)ccc2c1c1cccc3c4c(C(C)C)c5c(c(C(C)C)c4n2c13)c1cccc2c3c4c6ccccc6n(C)c4ccc3n5c12. The largest absolute Gasteiger partial charge is 0.344 e. The summed E-state index contributed by atoms with van der Waals surface area (Å²) in [6.45, 7) is 14.2. The van der Waals surface area contributed by atoms with E-state index in [1.165, 1.54) is 131 Å². The molecular formula is C52H43N3. The fourth-order valence-electron chi connectivity index (χ4n) is 11.3. The Morgan fingerprint density at radius 3 is 1.58 bits per heavy atom. The van der Waals surface area contributed by atoms with Crippen LogP contribution in [0.15, 0.2) is 109 Å². The molecule has 7 aromatic carbocycles. The van der Waals surface area contributed by atoms with Crippen LogP contribution in [0.1, 0.15) is 68.7 Å². The van der Waals surface area contributed by atoms with Gasteiger partial charge in [-0.1, -0.05) is 120 Å². The van der Waals surface area contributed by atoms with Gasteiger partial charge in [0.15, 0.2) is 0 Å². The number of benzene rings is 7. The molecule has 5 heterocycles. The van der Waals surface area contributed by atoms with Crippen LogP contribution in [0.3, 0.4) is 0 Å². The number of rotatable bonds is 4. The molecule has 266 valence electrons. The van der Waals surface area contributed by atoms with Crippen LogP contribution in [-0.2, 0) is 13.5 Å². The fourth-order valence-corrected chi connectivity index (χ4v) is 11.3. The van der Waals surface area contributed by atoms with Crippen molar-refractivity contribution in [1.29, 1.82) is 0 Å². The minimum Gasteiger partial charge on any atom is -0.344 e. The highest BCUT2D eigenvalue weighted by atomic mass is 15.0. The van der Waals surface area contributed by atoms with Crippen LogP contribution in [-0.4, -0.2) is 13.4 Å². The molecule has 3 heteroatoms. The van der Waals surface area contributed by atoms with Gasteiger partial charge in [-0.25, -0.2) is 0 Å². The van der Waals surface area contributed by atoms with E-state index in [0.717, 1.165) is 6.42 Å². The number of hydrogen-bond donors (Lipinski definition) is 0. The molecule has 0 unspecified atom stereocenters. The van der Waals surface area contributed by atoms with Gasteiger partial charge in [-0.15, -0.1) is 0 Å². The van der Waals surface area contributed by atoms with Gasteiger partial charge < -0.3 is 13.4 Å². The summed E-state index contributed by atoms with van der Waals surface area (Å²) in [4.78, 5) is 0. The van der Waals surface area contributed by atoms with Gasteiger partial charge in [0.05, 0.1) is 33.1 Å². The maximum atomic E-state index is 2.68. The molecule has 0 aliphatic heterocycles. The quantitative estimate of drug-likeness (QED) is 0.173. The van der Waals surface area contributed by atoms with Crippen molar-refractivity contribution in [1.82, 2.24) is 13.4 Å². The molecule has 0 bridgehead atoms. The highest BCUT2D eigenvalue weighted by Gasteiger charge is 2.32. The number of nitrogens with zero attached hydrogens (tertiary/aromatic N) is 3. The van der Waals surface area contributed by atoms with E-state index in [1.807, 2.05) is 0 Å². The summed E-state index contributed by atoms with van der Waals surface area (Å²) in [7, 11) is 2.21. The van der Waals surface area contributed by atoms with Gasteiger partial charge >= 0.3 is 0 Å². The predicted octanol–water partition coefficient (Wildman–Crippen LogP) is 14.4. The highest BCUT2D eigenvalue weighted by molar-refractivity contribution is 6.36. The van der Waals surface area contributed by atoms with Gasteiger partial charge in [-0.3, -0.25) is 0 Å². The van der Waals surface area contributed by atoms with Crippen molar-refractivity contribution in [2.24, 2.45) is 7.05 Å². The van der Waals surface area contributed by atoms with Crippen LogP contribution in [0.25, 0.3) is 109 Å². The zero-order valence-corrected chi connectivity index (χ0v) is 32.6. The number of aryl methyl sites for hydroxylation is 3. The fraction of sp³-hybridized carbons (Fsp3) is 0.192. The van der Waals surface area contributed by atoms with Crippen LogP contribution in [0, 0.1) is 6.92 Å². The van der Waals surface area contributed by atoms with Gasteiger partial charge in [0, 0.05) is 71.9 Å². The first-order valence-electron chi connectivity index (χ1n) is 20.1. The molecular weight excluding hydrogens is 667 g/mol. The second-order valence-electron chi connectivity index (χ2n) is 16.8. The molecule has 0 fully saturated rings. The Labute approximate surface area is 319 Å². The zero-order valence-electron chi connectivity index (χ0n) is 32.6. The van der Waals surface area contributed by atoms with Crippen molar-refractivity contribution in [3.8, 4) is 11.1 Å². The molecule has 12 aromatic rings. The van der Waals surface area contributed by atoms with E-state index >= 15 is 0 Å². The van der Waals surface area contributed by atoms with Crippen molar-refractivity contribution in [2.45, 2.75) is 59.8 Å². The standard InChI is InChI=1S/C52H43N3/c1-8-30-15-9-10-16-31(30)43-29(6)23-24-39-45(43)33-18-13-20-35-47-42(28(4)5)52-48(41(27(2)3)51(47)54(39)49(33)35)36-21-14-19-34-46-40(55(52)50(34)36)26-25-38-44(46)32-17-11-12-22-37(32)53(38)7/h9-28H,8H2,1-7H3. The lowest BCUT2D eigenvalue weighted by Gasteiger charge is -2.19. The van der Waals surface area contributed by atoms with Gasteiger partial charge in [0.25, 0.3) is 0 Å². The monoisotopic (exact) mass is 709 g/mol. The molecule has 12 rings (SSSR count). The van der Waals surface area contributed by atoms with Crippen molar-refractivity contribution in [3.05, 3.63) is 131 Å². The molecule has 0 atom stereocenters. The Kier molecular flexibility index (Phi) is 6.02. The summed E-state index contributed by atoms with van der Waals surface area (Å²) in [6, 6.07) is 41.7. The molecule has 0 aliphatic rings. The van der Waals surface area contributed by atoms with E-state index < -0.39 is 0 Å². The molecule has 0 saturated carbocycles. The number of para-hydroxylation sites is 3. The molecule has 0 radical (unpaired) electrons. The molecule has 55 heavy (non-hydrogen) atoms. The van der Waals surface area contributed by atoms with E-state index in [1.54, 1.807) is 0 Å². The van der Waals surface area contributed by atoms with Crippen LogP contribution in [0.4, 0.5) is 0 Å². The topological polar surface area (TPSA) is 13.8 Å². The summed E-state index contributed by atoms with van der Waals surface area (Å²) in [6.07, 6.45) is 1.01. The summed E-state index contributed by atoms with van der Waals surface area (Å²) in [5.74, 6) is 0.597. The van der Waals surface area contributed by atoms with Gasteiger partial charge in [-0.2, -0.15) is 0 Å². The summed E-state index contributed by atoms with van der Waals surface area (Å²) >= 11 is 0. The lowest BCUT2D eigenvalue weighted by molar-refractivity contribution is 0.869. The first-order chi connectivity index (χ1) is 26.8. The maximum Gasteiger partial charge on any atom is 0.0620 e. The Morgan fingerprint density at radius 1 is 0.455 bits per heavy atom. The third-order valence-electron chi connectivity index (χ3n) is 13.3. The normalized spacial score (nSPS) is 13.0. The molecule has 0 spiro atoms. The van der Waals surface area contributed by atoms with Crippen molar-refractivity contribution in [3.63, 3.8) is 0 Å². The first kappa shape index (κ1) is 31.3. The average molecular weight is 710 g/mol. The van der Waals surface area contributed by atoms with E-state index in [9.17, 15) is 0 Å². The van der Waals surface area contributed by atoms with E-state index in [4.69, 9.17) is 0 Å². The Balaban J connectivity index is 1.36. The zero-order chi connectivity index (χ0) is 37.2. The predicted molar refractivity (Wildman–Crippen MR) is 237 cm³/mol. The third kappa shape index (κ3) is 3.59. The molecule has 0 amide bonds. The third-order valence-corrected chi connectivity index (χ3v) is 13.3. The van der Waals surface area contributed by atoms with Crippen molar-refractivity contribution < 1.29 is 0 Å². The average Bonchev–Trinajstić information content (AvgIpc) is 3.98. The van der Waals surface area contributed by atoms with Crippen LogP contribution in [0.2, 0.25) is 0 Å². The molecule has 3 nitrogen and oxygen atoms in total. The van der Waals surface area contributed by atoms with Crippen molar-refractivity contribution >= 4 is 98.0 Å². The van der Waals surface area contributed by atoms with Gasteiger partial charge in [0.2, 0.25) is 0 Å². The molecule has 0 N–H and O–H groups in total. The molecule has 0 aliphatic carbocycles. The van der Waals surface area contributed by atoms with Gasteiger partial charge in [0.1, 0.15) is 0 Å². The lowest BCUT2D eigenvalue weighted by Crippen LogP contribution is -2.01. The minimum absolute atomic E-state index is 0.298. The summed E-state index contributed by atoms with van der Waals surface area (Å²) in [5, 5.41) is 13.7. The van der Waals surface area contributed by atoms with Crippen LogP contribution < -0.4 is 0 Å². The summed E-state index contributed by atoms with van der Waals surface area (Å²) < 4.78 is 7.72. The Morgan fingerprint density at radius 2 is 0.945 bits per heavy atom. The minimum atomic E-state index is 0.298. The maximum absolute atomic E-state index is 2.68.